The van der Waals surface area contributed by atoms with Crippen molar-refractivity contribution >= 4 is 34.4 Å². The fraction of sp³-hybridized carbons (Fsp3) is 0.333. The first kappa shape index (κ1) is 16.8. The van der Waals surface area contributed by atoms with Gasteiger partial charge in [0.25, 0.3) is 0 Å². The van der Waals surface area contributed by atoms with Gasteiger partial charge in [0.2, 0.25) is 0 Å². The summed E-state index contributed by atoms with van der Waals surface area (Å²) < 4.78 is 1.29. The summed E-state index contributed by atoms with van der Waals surface area (Å²) in [5, 5.41) is 3.50. The van der Waals surface area contributed by atoms with E-state index < -0.39 is 0 Å². The molecule has 3 heteroatoms. The second-order valence-corrected chi connectivity index (χ2v) is 7.88. The van der Waals surface area contributed by atoms with Crippen LogP contribution in [0, 0.1) is 9.49 Å². The molecule has 0 heterocycles. The summed E-state index contributed by atoms with van der Waals surface area (Å²) >= 11 is 4.25. The summed E-state index contributed by atoms with van der Waals surface area (Å²) in [5.41, 5.74) is 2.74. The molecular weight excluding hydrogens is 389 g/mol. The molecule has 1 N–H and O–H groups in total. The van der Waals surface area contributed by atoms with Crippen LogP contribution < -0.4 is 5.32 Å². The Bertz CT molecular complexity index is 551. The Balaban J connectivity index is 1.87. The first-order valence-corrected chi connectivity index (χ1v) is 9.37. The van der Waals surface area contributed by atoms with Crippen LogP contribution in [-0.2, 0) is 12.3 Å². The van der Waals surface area contributed by atoms with E-state index >= 15 is 0 Å². The second kappa shape index (κ2) is 8.81. The van der Waals surface area contributed by atoms with Gasteiger partial charge in [-0.05, 0) is 70.4 Å². The van der Waals surface area contributed by atoms with Gasteiger partial charge in [0.1, 0.15) is 0 Å². The molecule has 0 radical (unpaired) electrons. The van der Waals surface area contributed by atoms with Crippen molar-refractivity contribution in [1.29, 1.82) is 0 Å². The molecule has 0 spiro atoms. The Kier molecular flexibility index (Phi) is 7.07. The molecule has 0 aliphatic heterocycles. The number of thioether (sulfide) groups is 1. The third kappa shape index (κ3) is 6.41. The monoisotopic (exact) mass is 411 g/mol. The van der Waals surface area contributed by atoms with Gasteiger partial charge in [-0.1, -0.05) is 38.1 Å². The van der Waals surface area contributed by atoms with Crippen LogP contribution in [0.2, 0.25) is 0 Å². The van der Waals surface area contributed by atoms with Crippen molar-refractivity contribution < 1.29 is 0 Å². The van der Waals surface area contributed by atoms with Crippen molar-refractivity contribution in [3.8, 4) is 0 Å². The average molecular weight is 411 g/mol. The maximum absolute atomic E-state index is 3.50. The minimum atomic E-state index is 0.698. The van der Waals surface area contributed by atoms with Crippen LogP contribution in [0.1, 0.15) is 25.0 Å². The molecule has 0 bridgehead atoms. The van der Waals surface area contributed by atoms with Gasteiger partial charge in [0.15, 0.2) is 0 Å². The lowest BCUT2D eigenvalue weighted by atomic mass is 10.2. The van der Waals surface area contributed by atoms with E-state index in [1.807, 2.05) is 11.8 Å². The number of hydrogen-bond acceptors (Lipinski definition) is 2. The van der Waals surface area contributed by atoms with Gasteiger partial charge in [0, 0.05) is 20.8 Å². The van der Waals surface area contributed by atoms with Crippen molar-refractivity contribution in [2.24, 2.45) is 5.92 Å². The highest BCUT2D eigenvalue weighted by atomic mass is 127. The summed E-state index contributed by atoms with van der Waals surface area (Å²) in [7, 11) is 0. The average Bonchev–Trinajstić information content (AvgIpc) is 2.47. The van der Waals surface area contributed by atoms with Gasteiger partial charge < -0.3 is 5.32 Å². The highest BCUT2D eigenvalue weighted by Crippen LogP contribution is 2.24. The molecule has 21 heavy (non-hydrogen) atoms. The van der Waals surface area contributed by atoms with E-state index in [9.17, 15) is 0 Å². The van der Waals surface area contributed by atoms with Crippen LogP contribution in [-0.4, -0.2) is 6.54 Å². The summed E-state index contributed by atoms with van der Waals surface area (Å²) in [4.78, 5) is 1.34. The molecule has 2 aromatic rings. The lowest BCUT2D eigenvalue weighted by Crippen LogP contribution is -2.18. The summed E-state index contributed by atoms with van der Waals surface area (Å²) in [6.07, 6.45) is 0. The lowest BCUT2D eigenvalue weighted by Gasteiger charge is -2.09. The largest absolute Gasteiger partial charge is 0.312 e. The van der Waals surface area contributed by atoms with Crippen LogP contribution >= 0.6 is 34.4 Å². The number of benzene rings is 2. The molecule has 2 aromatic carbocycles. The van der Waals surface area contributed by atoms with Gasteiger partial charge in [-0.2, -0.15) is 0 Å². The Morgan fingerprint density at radius 3 is 2.52 bits per heavy atom. The molecule has 0 saturated carbocycles. The van der Waals surface area contributed by atoms with Crippen molar-refractivity contribution in [3.63, 3.8) is 0 Å². The SMILES string of the molecule is CC(C)CNCc1cccc(SCc2ccc(I)cc2)c1. The van der Waals surface area contributed by atoms with Crippen LogP contribution in [0.4, 0.5) is 0 Å². The molecule has 1 nitrogen and oxygen atoms in total. The Hall–Kier alpha value is -0.520. The molecule has 0 unspecified atom stereocenters. The smallest absolute Gasteiger partial charge is 0.0232 e. The first-order valence-electron chi connectivity index (χ1n) is 7.30. The van der Waals surface area contributed by atoms with Crippen LogP contribution in [0.3, 0.4) is 0 Å². The normalized spacial score (nSPS) is 11.0. The molecule has 112 valence electrons. The fourth-order valence-corrected chi connectivity index (χ4v) is 3.29. The van der Waals surface area contributed by atoms with Crippen molar-refractivity contribution in [2.75, 3.05) is 6.54 Å². The van der Waals surface area contributed by atoms with E-state index in [0.717, 1.165) is 18.8 Å². The molecule has 0 aromatic heterocycles. The minimum Gasteiger partial charge on any atom is -0.312 e. The standard InChI is InChI=1S/C18H22INS/c1-14(2)11-20-12-16-4-3-5-18(10-16)21-13-15-6-8-17(19)9-7-15/h3-10,14,20H,11-13H2,1-2H3. The molecule has 0 amide bonds. The van der Waals surface area contributed by atoms with Crippen molar-refractivity contribution in [2.45, 2.75) is 31.0 Å². The zero-order chi connectivity index (χ0) is 15.1. The number of rotatable bonds is 7. The third-order valence-corrected chi connectivity index (χ3v) is 4.88. The van der Waals surface area contributed by atoms with Crippen LogP contribution in [0.5, 0.6) is 0 Å². The highest BCUT2D eigenvalue weighted by molar-refractivity contribution is 14.1. The van der Waals surface area contributed by atoms with Gasteiger partial charge in [0.05, 0.1) is 0 Å². The predicted octanol–water partition coefficient (Wildman–Crippen LogP) is 5.33. The number of hydrogen-bond donors (Lipinski definition) is 1. The first-order chi connectivity index (χ1) is 10.1. The maximum atomic E-state index is 3.50. The molecule has 0 atom stereocenters. The van der Waals surface area contributed by atoms with E-state index in [0.29, 0.717) is 5.92 Å². The Morgan fingerprint density at radius 2 is 1.81 bits per heavy atom. The highest BCUT2D eigenvalue weighted by Gasteiger charge is 2.00. The number of halogens is 1. The topological polar surface area (TPSA) is 12.0 Å². The molecule has 0 fully saturated rings. The van der Waals surface area contributed by atoms with Crippen LogP contribution in [0.25, 0.3) is 0 Å². The summed E-state index contributed by atoms with van der Waals surface area (Å²) in [6.45, 7) is 6.50. The fourth-order valence-electron chi connectivity index (χ4n) is 2.00. The molecule has 0 aliphatic carbocycles. The van der Waals surface area contributed by atoms with Gasteiger partial charge in [-0.3, -0.25) is 0 Å². The van der Waals surface area contributed by atoms with E-state index in [-0.39, 0.29) is 0 Å². The van der Waals surface area contributed by atoms with E-state index in [1.54, 1.807) is 0 Å². The quantitative estimate of drug-likeness (QED) is 0.488. The van der Waals surface area contributed by atoms with Crippen molar-refractivity contribution in [1.82, 2.24) is 5.32 Å². The van der Waals surface area contributed by atoms with E-state index in [2.05, 4.69) is 90.3 Å². The minimum absolute atomic E-state index is 0.698. The van der Waals surface area contributed by atoms with Gasteiger partial charge in [-0.15, -0.1) is 11.8 Å². The zero-order valence-electron chi connectivity index (χ0n) is 12.6. The molecule has 2 rings (SSSR count). The van der Waals surface area contributed by atoms with E-state index in [1.165, 1.54) is 19.6 Å². The lowest BCUT2D eigenvalue weighted by molar-refractivity contribution is 0.552. The summed E-state index contributed by atoms with van der Waals surface area (Å²) in [5.74, 6) is 1.73. The van der Waals surface area contributed by atoms with Gasteiger partial charge >= 0.3 is 0 Å². The van der Waals surface area contributed by atoms with E-state index in [4.69, 9.17) is 0 Å². The van der Waals surface area contributed by atoms with Gasteiger partial charge in [-0.25, -0.2) is 0 Å². The molecule has 0 aliphatic rings. The van der Waals surface area contributed by atoms with Crippen molar-refractivity contribution in [3.05, 3.63) is 63.2 Å². The number of nitrogens with one attached hydrogen (secondary N) is 1. The predicted molar refractivity (Wildman–Crippen MR) is 102 cm³/mol. The Morgan fingerprint density at radius 1 is 1.05 bits per heavy atom. The maximum Gasteiger partial charge on any atom is 0.0232 e. The zero-order valence-corrected chi connectivity index (χ0v) is 15.6. The molecule has 0 saturated heterocycles. The molecular formula is C18H22INS. The second-order valence-electron chi connectivity index (χ2n) is 5.59. The van der Waals surface area contributed by atoms with Crippen LogP contribution in [0.15, 0.2) is 53.4 Å². The Labute approximate surface area is 146 Å². The third-order valence-electron chi connectivity index (χ3n) is 3.10. The summed E-state index contributed by atoms with van der Waals surface area (Å²) in [6, 6.07) is 17.6.